The van der Waals surface area contributed by atoms with Crippen molar-refractivity contribution in [3.63, 3.8) is 0 Å². The molecule has 4 N–H and O–H groups in total. The molecule has 0 spiro atoms. The second-order valence-electron chi connectivity index (χ2n) is 7.31. The molecular weight excluding hydrogens is 300 g/mol. The highest BCUT2D eigenvalue weighted by molar-refractivity contribution is 5.19. The zero-order chi connectivity index (χ0) is 16.8. The lowest BCUT2D eigenvalue weighted by Crippen LogP contribution is -2.57. The van der Waals surface area contributed by atoms with Gasteiger partial charge in [-0.2, -0.15) is 0 Å². The predicted molar refractivity (Wildman–Crippen MR) is 97.5 cm³/mol. The third-order valence-corrected chi connectivity index (χ3v) is 5.36. The van der Waals surface area contributed by atoms with Gasteiger partial charge in [0.2, 0.25) is 0 Å². The Kier molecular flexibility index (Phi) is 6.55. The monoisotopic (exact) mass is 331 g/mol. The molecule has 0 saturated heterocycles. The maximum atomic E-state index is 10.3. The highest BCUT2D eigenvalue weighted by Crippen LogP contribution is 2.22. The maximum absolute atomic E-state index is 10.3. The minimum absolute atomic E-state index is 0.0542. The zero-order valence-corrected chi connectivity index (χ0v) is 14.4. The maximum Gasteiger partial charge on any atom is 0.177 e. The SMILES string of the molecule is OC1CC(O)C(NC[C@@H]2C=CCCC2)[CH+]C1NCC1=CC=CCC1. The van der Waals surface area contributed by atoms with Crippen LogP contribution in [-0.4, -0.2) is 47.6 Å². The van der Waals surface area contributed by atoms with Crippen molar-refractivity contribution >= 4 is 0 Å². The molecule has 3 rings (SSSR count). The number of nitrogens with one attached hydrogen (secondary N) is 2. The summed E-state index contributed by atoms with van der Waals surface area (Å²) < 4.78 is 0. The van der Waals surface area contributed by atoms with Crippen molar-refractivity contribution in [1.82, 2.24) is 10.6 Å². The van der Waals surface area contributed by atoms with Gasteiger partial charge in [0.25, 0.3) is 0 Å². The fourth-order valence-corrected chi connectivity index (χ4v) is 3.82. The summed E-state index contributed by atoms with van der Waals surface area (Å²) in [7, 11) is 0. The topological polar surface area (TPSA) is 64.5 Å². The highest BCUT2D eigenvalue weighted by Gasteiger charge is 2.43. The van der Waals surface area contributed by atoms with Crippen LogP contribution in [0.5, 0.6) is 0 Å². The molecule has 4 heteroatoms. The Morgan fingerprint density at radius 2 is 1.92 bits per heavy atom. The Bertz CT molecular complexity index is 486. The van der Waals surface area contributed by atoms with Gasteiger partial charge in [-0.25, -0.2) is 0 Å². The normalized spacial score (nSPS) is 36.2. The van der Waals surface area contributed by atoms with Crippen LogP contribution < -0.4 is 10.6 Å². The zero-order valence-electron chi connectivity index (χ0n) is 14.4. The van der Waals surface area contributed by atoms with Crippen molar-refractivity contribution in [1.29, 1.82) is 0 Å². The van der Waals surface area contributed by atoms with Gasteiger partial charge in [0.1, 0.15) is 18.6 Å². The van der Waals surface area contributed by atoms with E-state index in [1.54, 1.807) is 0 Å². The van der Waals surface area contributed by atoms with Gasteiger partial charge >= 0.3 is 0 Å². The molecule has 0 aromatic carbocycles. The summed E-state index contributed by atoms with van der Waals surface area (Å²) in [6, 6.07) is -0.124. The summed E-state index contributed by atoms with van der Waals surface area (Å²) in [6.07, 6.45) is 18.3. The van der Waals surface area contributed by atoms with Gasteiger partial charge in [-0.1, -0.05) is 36.0 Å². The van der Waals surface area contributed by atoms with Crippen molar-refractivity contribution in [3.05, 3.63) is 42.4 Å². The minimum atomic E-state index is -0.521. The van der Waals surface area contributed by atoms with Crippen LogP contribution in [-0.2, 0) is 0 Å². The van der Waals surface area contributed by atoms with E-state index in [0.29, 0.717) is 12.3 Å². The Hall–Kier alpha value is -1.07. The Labute approximate surface area is 145 Å². The Morgan fingerprint density at radius 1 is 1.08 bits per heavy atom. The van der Waals surface area contributed by atoms with Crippen molar-refractivity contribution in [2.75, 3.05) is 13.1 Å². The van der Waals surface area contributed by atoms with Gasteiger partial charge in [-0.3, -0.25) is 10.6 Å². The van der Waals surface area contributed by atoms with E-state index in [9.17, 15) is 10.2 Å². The van der Waals surface area contributed by atoms with Gasteiger partial charge < -0.3 is 10.2 Å². The molecule has 0 heterocycles. The van der Waals surface area contributed by atoms with Crippen molar-refractivity contribution < 1.29 is 10.2 Å². The number of aliphatic hydroxyl groups is 2. The van der Waals surface area contributed by atoms with Gasteiger partial charge in [0.15, 0.2) is 12.1 Å². The predicted octanol–water partition coefficient (Wildman–Crippen LogP) is 1.87. The molecule has 0 aromatic heterocycles. The first kappa shape index (κ1) is 17.7. The van der Waals surface area contributed by atoms with Crippen molar-refractivity contribution in [3.8, 4) is 0 Å². The van der Waals surface area contributed by atoms with Gasteiger partial charge in [0.05, 0.1) is 0 Å². The minimum Gasteiger partial charge on any atom is -0.387 e. The molecule has 24 heavy (non-hydrogen) atoms. The lowest BCUT2D eigenvalue weighted by Gasteiger charge is -2.32. The highest BCUT2D eigenvalue weighted by atomic mass is 16.3. The van der Waals surface area contributed by atoms with Gasteiger partial charge in [0, 0.05) is 19.5 Å². The summed E-state index contributed by atoms with van der Waals surface area (Å²) in [5.41, 5.74) is 1.38. The second kappa shape index (κ2) is 8.86. The summed E-state index contributed by atoms with van der Waals surface area (Å²) in [5.74, 6) is 0.566. The third kappa shape index (κ3) is 4.96. The Balaban J connectivity index is 1.47. The van der Waals surface area contributed by atoms with Crippen molar-refractivity contribution in [2.24, 2.45) is 5.92 Å². The molecule has 0 amide bonds. The number of hydrogen-bond acceptors (Lipinski definition) is 4. The lowest BCUT2D eigenvalue weighted by atomic mass is 9.85. The first-order valence-electron chi connectivity index (χ1n) is 9.41. The molecule has 0 radical (unpaired) electrons. The second-order valence-corrected chi connectivity index (χ2v) is 7.31. The summed E-state index contributed by atoms with van der Waals surface area (Å²) >= 11 is 0. The van der Waals surface area contributed by atoms with E-state index in [2.05, 4.69) is 47.4 Å². The molecule has 0 aromatic rings. The van der Waals surface area contributed by atoms with E-state index in [1.165, 1.54) is 24.8 Å². The average molecular weight is 331 g/mol. The number of hydrogen-bond donors (Lipinski definition) is 4. The third-order valence-electron chi connectivity index (χ3n) is 5.36. The number of allylic oxidation sites excluding steroid dienone is 4. The molecule has 1 fully saturated rings. The molecule has 5 atom stereocenters. The molecule has 0 aliphatic heterocycles. The standard InChI is InChI=1S/C20H31N2O2/c23-19-12-20(24)18(22-14-16-9-5-2-6-10-16)11-17(19)21-13-15-7-3-1-4-8-15/h1,3,5,7,9,11,16-24H,2,4,6,8,10,12-14H2/q+1/t16-,17?,18?,19?,20?/m1/s1. The molecule has 132 valence electrons. The first-order valence-corrected chi connectivity index (χ1v) is 9.41. The van der Waals surface area contributed by atoms with Gasteiger partial charge in [-0.15, -0.1) is 0 Å². The van der Waals surface area contributed by atoms with Crippen LogP contribution in [0.1, 0.15) is 38.5 Å². The molecule has 1 saturated carbocycles. The van der Waals surface area contributed by atoms with Crippen LogP contribution in [0.4, 0.5) is 0 Å². The number of aliphatic hydroxyl groups excluding tert-OH is 2. The summed E-state index contributed by atoms with van der Waals surface area (Å²) in [6.45, 7) is 1.70. The molecule has 4 unspecified atom stereocenters. The quantitative estimate of drug-likeness (QED) is 0.443. The van der Waals surface area contributed by atoms with Gasteiger partial charge in [-0.05, 0) is 38.0 Å². The van der Waals surface area contributed by atoms with E-state index in [4.69, 9.17) is 0 Å². The van der Waals surface area contributed by atoms with E-state index in [1.807, 2.05) is 0 Å². The fraction of sp³-hybridized carbons (Fsp3) is 0.650. The van der Waals surface area contributed by atoms with Crippen LogP contribution in [0.3, 0.4) is 0 Å². The fourth-order valence-electron chi connectivity index (χ4n) is 3.82. The average Bonchev–Trinajstić information content (AvgIpc) is 2.62. The largest absolute Gasteiger partial charge is 0.387 e. The van der Waals surface area contributed by atoms with Crippen LogP contribution in [0.2, 0.25) is 0 Å². The smallest absolute Gasteiger partial charge is 0.177 e. The van der Waals surface area contributed by atoms with E-state index < -0.39 is 12.2 Å². The summed E-state index contributed by atoms with van der Waals surface area (Å²) in [5, 5.41) is 27.5. The van der Waals surface area contributed by atoms with Crippen LogP contribution in [0.25, 0.3) is 0 Å². The molecule has 3 aliphatic rings. The number of rotatable bonds is 6. The van der Waals surface area contributed by atoms with Crippen molar-refractivity contribution in [2.45, 2.75) is 62.8 Å². The van der Waals surface area contributed by atoms with E-state index in [-0.39, 0.29) is 12.1 Å². The summed E-state index contributed by atoms with van der Waals surface area (Å²) in [4.78, 5) is 0. The molecule has 3 aliphatic carbocycles. The van der Waals surface area contributed by atoms with E-state index in [0.717, 1.165) is 25.9 Å². The lowest BCUT2D eigenvalue weighted by molar-refractivity contribution is 0.0203. The van der Waals surface area contributed by atoms with E-state index >= 15 is 0 Å². The molecular formula is C20H31N2O2+. The molecule has 4 nitrogen and oxygen atoms in total. The van der Waals surface area contributed by atoms with Crippen LogP contribution in [0.15, 0.2) is 36.0 Å². The Morgan fingerprint density at radius 3 is 2.62 bits per heavy atom. The van der Waals surface area contributed by atoms with Crippen LogP contribution in [0, 0.1) is 12.3 Å². The molecule has 0 bridgehead atoms. The first-order chi connectivity index (χ1) is 11.7. The van der Waals surface area contributed by atoms with Crippen LogP contribution >= 0.6 is 0 Å².